The van der Waals surface area contributed by atoms with Gasteiger partial charge in [0.1, 0.15) is 12.7 Å². The fourth-order valence-electron chi connectivity index (χ4n) is 2.32. The first kappa shape index (κ1) is 14.3. The molecule has 2 aromatic carbocycles. The number of nitrogens with one attached hydrogen (secondary N) is 1. The van der Waals surface area contributed by atoms with Crippen LogP contribution in [0.4, 0.5) is 5.69 Å². The van der Waals surface area contributed by atoms with Gasteiger partial charge < -0.3 is 9.47 Å². The van der Waals surface area contributed by atoms with E-state index in [4.69, 9.17) is 9.47 Å². The topological polar surface area (TPSA) is 50.8 Å². The molecule has 1 aliphatic rings. The van der Waals surface area contributed by atoms with Gasteiger partial charge in [0, 0.05) is 7.05 Å². The highest BCUT2D eigenvalue weighted by Crippen LogP contribution is 2.31. The molecule has 22 heavy (non-hydrogen) atoms. The SMILES string of the molecule is CN(NC(=O)CC1COc2ccccc2O1)c1ccccc1. The van der Waals surface area contributed by atoms with Crippen molar-refractivity contribution in [2.75, 3.05) is 18.7 Å². The van der Waals surface area contributed by atoms with Crippen molar-refractivity contribution >= 4 is 11.6 Å². The molecule has 0 spiro atoms. The fourth-order valence-corrected chi connectivity index (χ4v) is 2.32. The average Bonchev–Trinajstić information content (AvgIpc) is 2.55. The van der Waals surface area contributed by atoms with Crippen LogP contribution in [-0.2, 0) is 4.79 Å². The maximum atomic E-state index is 12.1. The van der Waals surface area contributed by atoms with Gasteiger partial charge in [-0.3, -0.25) is 15.2 Å². The maximum Gasteiger partial charge on any atom is 0.242 e. The van der Waals surface area contributed by atoms with Crippen molar-refractivity contribution < 1.29 is 14.3 Å². The van der Waals surface area contributed by atoms with Crippen LogP contribution >= 0.6 is 0 Å². The summed E-state index contributed by atoms with van der Waals surface area (Å²) in [6.45, 7) is 0.374. The molecule has 5 heteroatoms. The molecule has 5 nitrogen and oxygen atoms in total. The number of hydrogen-bond acceptors (Lipinski definition) is 4. The Balaban J connectivity index is 1.55. The van der Waals surface area contributed by atoms with E-state index in [2.05, 4.69) is 5.43 Å². The second kappa shape index (κ2) is 6.39. The Morgan fingerprint density at radius 2 is 1.82 bits per heavy atom. The van der Waals surface area contributed by atoms with Crippen LogP contribution in [0.1, 0.15) is 6.42 Å². The van der Waals surface area contributed by atoms with E-state index < -0.39 is 0 Å². The maximum absolute atomic E-state index is 12.1. The molecule has 0 saturated carbocycles. The van der Waals surface area contributed by atoms with Gasteiger partial charge in [0.2, 0.25) is 5.91 Å². The number of nitrogens with zero attached hydrogens (tertiary/aromatic N) is 1. The zero-order chi connectivity index (χ0) is 15.4. The van der Waals surface area contributed by atoms with Gasteiger partial charge in [-0.05, 0) is 24.3 Å². The Labute approximate surface area is 129 Å². The molecule has 3 rings (SSSR count). The quantitative estimate of drug-likeness (QED) is 0.881. The number of ether oxygens (including phenoxy) is 2. The molecular weight excluding hydrogens is 280 g/mol. The first-order chi connectivity index (χ1) is 10.7. The lowest BCUT2D eigenvalue weighted by molar-refractivity contribution is -0.123. The number of para-hydroxylation sites is 3. The predicted molar refractivity (Wildman–Crippen MR) is 84.0 cm³/mol. The summed E-state index contributed by atoms with van der Waals surface area (Å²) in [5.41, 5.74) is 3.74. The predicted octanol–water partition coefficient (Wildman–Crippen LogP) is 2.38. The van der Waals surface area contributed by atoms with E-state index in [9.17, 15) is 4.79 Å². The van der Waals surface area contributed by atoms with Crippen LogP contribution in [-0.4, -0.2) is 25.7 Å². The molecule has 1 aliphatic heterocycles. The van der Waals surface area contributed by atoms with Gasteiger partial charge >= 0.3 is 0 Å². The van der Waals surface area contributed by atoms with Crippen LogP contribution in [0.25, 0.3) is 0 Å². The van der Waals surface area contributed by atoms with E-state index >= 15 is 0 Å². The molecule has 0 saturated heterocycles. The van der Waals surface area contributed by atoms with Gasteiger partial charge in [-0.2, -0.15) is 0 Å². The van der Waals surface area contributed by atoms with Crippen molar-refractivity contribution in [2.24, 2.45) is 0 Å². The number of amides is 1. The highest BCUT2D eigenvalue weighted by molar-refractivity contribution is 5.78. The van der Waals surface area contributed by atoms with E-state index in [-0.39, 0.29) is 18.4 Å². The molecular formula is C17H18N2O3. The van der Waals surface area contributed by atoms with Crippen LogP contribution in [0.2, 0.25) is 0 Å². The molecule has 1 atom stereocenters. The summed E-state index contributed by atoms with van der Waals surface area (Å²) in [7, 11) is 1.81. The summed E-state index contributed by atoms with van der Waals surface area (Å²) >= 11 is 0. The number of benzene rings is 2. The molecule has 1 unspecified atom stereocenters. The van der Waals surface area contributed by atoms with E-state index in [0.717, 1.165) is 11.4 Å². The molecule has 1 N–H and O–H groups in total. The Hall–Kier alpha value is -2.69. The van der Waals surface area contributed by atoms with Gasteiger partial charge in [-0.25, -0.2) is 0 Å². The van der Waals surface area contributed by atoms with Crippen molar-refractivity contribution in [3.8, 4) is 11.5 Å². The second-order valence-electron chi connectivity index (χ2n) is 5.13. The van der Waals surface area contributed by atoms with Gasteiger partial charge in [-0.1, -0.05) is 30.3 Å². The Morgan fingerprint density at radius 3 is 2.59 bits per heavy atom. The monoisotopic (exact) mass is 298 g/mol. The molecule has 0 aliphatic carbocycles. The number of hydrazine groups is 1. The largest absolute Gasteiger partial charge is 0.486 e. The highest BCUT2D eigenvalue weighted by atomic mass is 16.6. The first-order valence-electron chi connectivity index (χ1n) is 7.19. The smallest absolute Gasteiger partial charge is 0.242 e. The van der Waals surface area contributed by atoms with Gasteiger partial charge in [-0.15, -0.1) is 0 Å². The molecule has 1 amide bonds. The highest BCUT2D eigenvalue weighted by Gasteiger charge is 2.23. The summed E-state index contributed by atoms with van der Waals surface area (Å²) in [6.07, 6.45) is -0.0371. The number of hydrogen-bond donors (Lipinski definition) is 1. The Bertz CT molecular complexity index is 645. The lowest BCUT2D eigenvalue weighted by Crippen LogP contribution is -2.43. The van der Waals surface area contributed by atoms with Crippen molar-refractivity contribution in [3.05, 3.63) is 54.6 Å². The second-order valence-corrected chi connectivity index (χ2v) is 5.13. The number of carbonyl (C=O) groups excluding carboxylic acids is 1. The zero-order valence-electron chi connectivity index (χ0n) is 12.4. The molecule has 1 heterocycles. The van der Waals surface area contributed by atoms with Crippen LogP contribution in [0.15, 0.2) is 54.6 Å². The van der Waals surface area contributed by atoms with Gasteiger partial charge in [0.15, 0.2) is 11.5 Å². The van der Waals surface area contributed by atoms with E-state index in [0.29, 0.717) is 12.4 Å². The minimum atomic E-state index is -0.279. The van der Waals surface area contributed by atoms with E-state index in [1.54, 1.807) is 12.1 Å². The van der Waals surface area contributed by atoms with Crippen LogP contribution in [0, 0.1) is 0 Å². The molecule has 0 aromatic heterocycles. The lowest BCUT2D eigenvalue weighted by atomic mass is 10.2. The van der Waals surface area contributed by atoms with Crippen LogP contribution in [0.5, 0.6) is 11.5 Å². The molecule has 0 radical (unpaired) electrons. The molecule has 114 valence electrons. The third kappa shape index (κ3) is 3.31. The van der Waals surface area contributed by atoms with Crippen molar-refractivity contribution in [3.63, 3.8) is 0 Å². The van der Waals surface area contributed by atoms with E-state index in [1.165, 1.54) is 0 Å². The summed E-state index contributed by atoms with van der Waals surface area (Å²) in [4.78, 5) is 12.1. The minimum Gasteiger partial charge on any atom is -0.486 e. The Kier molecular flexibility index (Phi) is 4.14. The summed E-state index contributed by atoms with van der Waals surface area (Å²) in [6, 6.07) is 17.1. The number of rotatable bonds is 4. The van der Waals surface area contributed by atoms with Crippen LogP contribution in [0.3, 0.4) is 0 Å². The molecule has 0 fully saturated rings. The van der Waals surface area contributed by atoms with Crippen LogP contribution < -0.4 is 19.9 Å². The van der Waals surface area contributed by atoms with Crippen molar-refractivity contribution in [1.82, 2.24) is 5.43 Å². The zero-order valence-corrected chi connectivity index (χ0v) is 12.4. The third-order valence-electron chi connectivity index (χ3n) is 3.42. The summed E-state index contributed by atoms with van der Waals surface area (Å²) in [5, 5.41) is 1.69. The number of carbonyl (C=O) groups is 1. The standard InChI is InChI=1S/C17H18N2O3/c1-19(13-7-3-2-4-8-13)18-17(20)11-14-12-21-15-9-5-6-10-16(15)22-14/h2-10,14H,11-12H2,1H3,(H,18,20). The summed E-state index contributed by atoms with van der Waals surface area (Å²) in [5.74, 6) is 1.29. The summed E-state index contributed by atoms with van der Waals surface area (Å²) < 4.78 is 11.4. The fraction of sp³-hybridized carbons (Fsp3) is 0.235. The molecule has 2 aromatic rings. The van der Waals surface area contributed by atoms with Gasteiger partial charge in [0.05, 0.1) is 12.1 Å². The third-order valence-corrected chi connectivity index (χ3v) is 3.42. The van der Waals surface area contributed by atoms with E-state index in [1.807, 2.05) is 54.6 Å². The first-order valence-corrected chi connectivity index (χ1v) is 7.19. The van der Waals surface area contributed by atoms with Gasteiger partial charge in [0.25, 0.3) is 0 Å². The molecule has 0 bridgehead atoms. The Morgan fingerprint density at radius 1 is 1.14 bits per heavy atom. The lowest BCUT2D eigenvalue weighted by Gasteiger charge is -2.27. The number of anilines is 1. The normalized spacial score (nSPS) is 16.0. The van der Waals surface area contributed by atoms with Crippen molar-refractivity contribution in [2.45, 2.75) is 12.5 Å². The van der Waals surface area contributed by atoms with Crippen molar-refractivity contribution in [1.29, 1.82) is 0 Å². The number of fused-ring (bicyclic) bond motifs is 1. The minimum absolute atomic E-state index is 0.112. The average molecular weight is 298 g/mol.